The highest BCUT2D eigenvalue weighted by molar-refractivity contribution is 7.13. The van der Waals surface area contributed by atoms with E-state index in [1.165, 1.54) is 11.1 Å². The zero-order chi connectivity index (χ0) is 19.3. The second-order valence-corrected chi connectivity index (χ2v) is 7.95. The van der Waals surface area contributed by atoms with Gasteiger partial charge in [-0.25, -0.2) is 0 Å². The number of carbonyl (C=O) groups excluding carboxylic acids is 1. The lowest BCUT2D eigenvalue weighted by Gasteiger charge is -2.26. The van der Waals surface area contributed by atoms with Gasteiger partial charge in [0, 0.05) is 30.9 Å². The van der Waals surface area contributed by atoms with Crippen molar-refractivity contribution in [3.63, 3.8) is 0 Å². The van der Waals surface area contributed by atoms with E-state index in [0.29, 0.717) is 6.54 Å². The fourth-order valence-corrected chi connectivity index (χ4v) is 4.06. The number of hydrogen-bond donors (Lipinski definition) is 0. The Hall–Kier alpha value is -2.92. The Morgan fingerprint density at radius 3 is 2.64 bits per heavy atom. The van der Waals surface area contributed by atoms with Crippen LogP contribution in [0.5, 0.6) is 0 Å². The minimum atomic E-state index is 0.0560. The molecule has 0 radical (unpaired) electrons. The van der Waals surface area contributed by atoms with Gasteiger partial charge in [0.2, 0.25) is 5.91 Å². The molecule has 2 aromatic heterocycles. The zero-order valence-electron chi connectivity index (χ0n) is 15.8. The van der Waals surface area contributed by atoms with E-state index < -0.39 is 0 Å². The van der Waals surface area contributed by atoms with Crippen molar-refractivity contribution < 1.29 is 4.79 Å². The summed E-state index contributed by atoms with van der Waals surface area (Å²) in [5, 5.41) is 6.83. The molecule has 0 atom stereocenters. The van der Waals surface area contributed by atoms with Crippen LogP contribution in [-0.2, 0) is 11.3 Å². The van der Waals surface area contributed by atoms with Crippen molar-refractivity contribution in [1.29, 1.82) is 0 Å². The molecular weight excluding hydrogens is 366 g/mol. The van der Waals surface area contributed by atoms with Gasteiger partial charge in [-0.2, -0.15) is 5.10 Å². The molecule has 0 saturated carbocycles. The van der Waals surface area contributed by atoms with E-state index in [9.17, 15) is 4.79 Å². The molecule has 1 aromatic carbocycles. The van der Waals surface area contributed by atoms with Gasteiger partial charge in [0.15, 0.2) is 0 Å². The van der Waals surface area contributed by atoms with Gasteiger partial charge in [-0.05, 0) is 35.9 Å². The minimum Gasteiger partial charge on any atom is -0.339 e. The van der Waals surface area contributed by atoms with Gasteiger partial charge < -0.3 is 4.90 Å². The summed E-state index contributed by atoms with van der Waals surface area (Å²) in [6, 6.07) is 14.4. The normalized spacial score (nSPS) is 14.7. The number of thiophene rings is 1. The highest BCUT2D eigenvalue weighted by atomic mass is 32.1. The molecule has 5 heteroatoms. The quantitative estimate of drug-likeness (QED) is 0.462. The molecule has 0 aliphatic carbocycles. The van der Waals surface area contributed by atoms with Gasteiger partial charge in [0.1, 0.15) is 5.69 Å². The molecule has 28 heavy (non-hydrogen) atoms. The van der Waals surface area contributed by atoms with E-state index in [4.69, 9.17) is 5.10 Å². The third-order valence-electron chi connectivity index (χ3n) is 4.92. The van der Waals surface area contributed by atoms with Crippen molar-refractivity contribution in [2.24, 2.45) is 0 Å². The SMILES string of the molecule is C=C1CCN(C(=O)/C=C/c2cn(Cc3ccccc3)nc2-c2cccs2)CC1. The molecule has 0 unspecified atom stereocenters. The lowest BCUT2D eigenvalue weighted by Crippen LogP contribution is -2.34. The number of nitrogens with zero attached hydrogens (tertiary/aromatic N) is 3. The average Bonchev–Trinajstić information content (AvgIpc) is 3.37. The molecule has 4 nitrogen and oxygen atoms in total. The molecule has 142 valence electrons. The number of likely N-dealkylation sites (tertiary alicyclic amines) is 1. The van der Waals surface area contributed by atoms with Crippen LogP contribution >= 0.6 is 11.3 Å². The molecule has 0 spiro atoms. The summed E-state index contributed by atoms with van der Waals surface area (Å²) in [6.07, 6.45) is 7.39. The first-order valence-electron chi connectivity index (χ1n) is 9.48. The Morgan fingerprint density at radius 1 is 1.14 bits per heavy atom. The number of aromatic nitrogens is 2. The molecule has 1 saturated heterocycles. The van der Waals surface area contributed by atoms with Crippen LogP contribution in [0.1, 0.15) is 24.0 Å². The monoisotopic (exact) mass is 389 g/mol. The summed E-state index contributed by atoms with van der Waals surface area (Å²) < 4.78 is 1.94. The topological polar surface area (TPSA) is 38.1 Å². The van der Waals surface area contributed by atoms with E-state index in [-0.39, 0.29) is 5.91 Å². The molecule has 1 aliphatic rings. The summed E-state index contributed by atoms with van der Waals surface area (Å²) >= 11 is 1.66. The van der Waals surface area contributed by atoms with E-state index in [1.54, 1.807) is 17.4 Å². The van der Waals surface area contributed by atoms with Crippen molar-refractivity contribution >= 4 is 23.3 Å². The van der Waals surface area contributed by atoms with Gasteiger partial charge in [-0.15, -0.1) is 11.3 Å². The van der Waals surface area contributed by atoms with Crippen molar-refractivity contribution in [2.75, 3.05) is 13.1 Å². The molecule has 3 aromatic rings. The molecule has 0 N–H and O–H groups in total. The van der Waals surface area contributed by atoms with Crippen LogP contribution in [0.25, 0.3) is 16.6 Å². The summed E-state index contributed by atoms with van der Waals surface area (Å²) in [5.74, 6) is 0.0560. The minimum absolute atomic E-state index is 0.0560. The fraction of sp³-hybridized carbons (Fsp3) is 0.217. The Bertz CT molecular complexity index is 976. The van der Waals surface area contributed by atoms with Gasteiger partial charge in [-0.3, -0.25) is 9.48 Å². The van der Waals surface area contributed by atoms with Crippen LogP contribution in [0.3, 0.4) is 0 Å². The van der Waals surface area contributed by atoms with Gasteiger partial charge in [0.25, 0.3) is 0 Å². The highest BCUT2D eigenvalue weighted by Gasteiger charge is 2.17. The first-order valence-corrected chi connectivity index (χ1v) is 10.4. The van der Waals surface area contributed by atoms with Crippen molar-refractivity contribution in [3.05, 3.63) is 83.4 Å². The molecule has 1 amide bonds. The molecule has 4 rings (SSSR count). The second kappa shape index (κ2) is 8.40. The molecule has 3 heterocycles. The fourth-order valence-electron chi connectivity index (χ4n) is 3.32. The Balaban J connectivity index is 1.56. The maximum absolute atomic E-state index is 12.6. The summed E-state index contributed by atoms with van der Waals surface area (Å²) in [5.41, 5.74) is 4.31. The molecule has 1 fully saturated rings. The summed E-state index contributed by atoms with van der Waals surface area (Å²) in [6.45, 7) is 6.23. The largest absolute Gasteiger partial charge is 0.339 e. The molecule has 0 bridgehead atoms. The zero-order valence-corrected chi connectivity index (χ0v) is 16.6. The first-order chi connectivity index (χ1) is 13.7. The predicted octanol–water partition coefficient (Wildman–Crippen LogP) is 4.85. The number of rotatable bonds is 5. The van der Waals surface area contributed by atoms with Crippen LogP contribution in [0.4, 0.5) is 0 Å². The maximum Gasteiger partial charge on any atom is 0.246 e. The van der Waals surface area contributed by atoms with E-state index in [2.05, 4.69) is 24.8 Å². The predicted molar refractivity (Wildman–Crippen MR) is 115 cm³/mol. The second-order valence-electron chi connectivity index (χ2n) is 7.00. The molecular formula is C23H23N3OS. The van der Waals surface area contributed by atoms with E-state index in [0.717, 1.165) is 42.1 Å². The standard InChI is InChI=1S/C23H23N3OS/c1-18-11-13-25(14-12-18)22(27)10-9-20-17-26(16-19-6-3-2-4-7-19)24-23(20)21-8-5-15-28-21/h2-10,15,17H,1,11-14,16H2/b10-9+. The van der Waals surface area contributed by atoms with Crippen LogP contribution in [0, 0.1) is 0 Å². The van der Waals surface area contributed by atoms with E-state index in [1.807, 2.05) is 51.5 Å². The lowest BCUT2D eigenvalue weighted by atomic mass is 10.1. The number of carbonyl (C=O) groups is 1. The maximum atomic E-state index is 12.6. The van der Waals surface area contributed by atoms with Crippen LogP contribution in [0.15, 0.2) is 72.3 Å². The van der Waals surface area contributed by atoms with Crippen LogP contribution in [0.2, 0.25) is 0 Å². The van der Waals surface area contributed by atoms with Gasteiger partial charge in [0.05, 0.1) is 11.4 Å². The third-order valence-corrected chi connectivity index (χ3v) is 5.80. The first kappa shape index (κ1) is 18.4. The van der Waals surface area contributed by atoms with Gasteiger partial charge >= 0.3 is 0 Å². The molecule has 1 aliphatic heterocycles. The number of hydrogen-bond acceptors (Lipinski definition) is 3. The number of piperidine rings is 1. The highest BCUT2D eigenvalue weighted by Crippen LogP contribution is 2.28. The Kier molecular flexibility index (Phi) is 5.53. The average molecular weight is 390 g/mol. The lowest BCUT2D eigenvalue weighted by molar-refractivity contribution is -0.126. The summed E-state index contributed by atoms with van der Waals surface area (Å²) in [4.78, 5) is 15.6. The number of benzene rings is 1. The Morgan fingerprint density at radius 2 is 1.93 bits per heavy atom. The van der Waals surface area contributed by atoms with Crippen molar-refractivity contribution in [1.82, 2.24) is 14.7 Å². The third kappa shape index (κ3) is 4.31. The number of amides is 1. The smallest absolute Gasteiger partial charge is 0.246 e. The summed E-state index contributed by atoms with van der Waals surface area (Å²) in [7, 11) is 0. The van der Waals surface area contributed by atoms with Crippen molar-refractivity contribution in [2.45, 2.75) is 19.4 Å². The van der Waals surface area contributed by atoms with E-state index >= 15 is 0 Å². The van der Waals surface area contributed by atoms with Crippen molar-refractivity contribution in [3.8, 4) is 10.6 Å². The van der Waals surface area contributed by atoms with Crippen LogP contribution in [-0.4, -0.2) is 33.7 Å². The Labute approximate surface area is 169 Å². The van der Waals surface area contributed by atoms with Crippen LogP contribution < -0.4 is 0 Å². The van der Waals surface area contributed by atoms with Gasteiger partial charge in [-0.1, -0.05) is 48.6 Å².